The molecule has 0 rings (SSSR count). The van der Waals surface area contributed by atoms with E-state index in [9.17, 15) is 39.6 Å². The van der Waals surface area contributed by atoms with Crippen molar-refractivity contribution in [1.29, 1.82) is 0 Å². The van der Waals surface area contributed by atoms with Crippen molar-refractivity contribution < 1.29 is 54.6 Å². The minimum Gasteiger partial charge on any atom is -0.481 e. The van der Waals surface area contributed by atoms with Gasteiger partial charge in [0.2, 0.25) is 0 Å². The van der Waals surface area contributed by atoms with Gasteiger partial charge >= 0.3 is 23.9 Å². The zero-order chi connectivity index (χ0) is 36.1. The molecule has 0 heterocycles. The first-order valence-corrected chi connectivity index (χ1v) is 16.5. The van der Waals surface area contributed by atoms with Crippen LogP contribution in [0.15, 0.2) is 46.6 Å². The topological polar surface area (TPSA) is 199 Å². The van der Waals surface area contributed by atoms with Gasteiger partial charge in [0.1, 0.15) is 17.9 Å². The lowest BCUT2D eigenvalue weighted by Crippen LogP contribution is -2.40. The number of rotatable bonds is 25. The van der Waals surface area contributed by atoms with E-state index in [1.54, 1.807) is 13.8 Å². The molecule has 0 saturated heterocycles. The van der Waals surface area contributed by atoms with E-state index < -0.39 is 61.1 Å². The summed E-state index contributed by atoms with van der Waals surface area (Å²) in [4.78, 5) is 46.4. The maximum absolute atomic E-state index is 13.0. The number of aliphatic carboxylic acids is 3. The fourth-order valence-electron chi connectivity index (χ4n) is 5.84. The number of carboxylic acids is 3. The summed E-state index contributed by atoms with van der Waals surface area (Å²) < 4.78 is 5.52. The van der Waals surface area contributed by atoms with Gasteiger partial charge in [0.25, 0.3) is 0 Å². The molecule has 0 aliphatic carbocycles. The zero-order valence-electron chi connectivity index (χ0n) is 29.0. The van der Waals surface area contributed by atoms with Crippen LogP contribution in [0.3, 0.4) is 0 Å². The van der Waals surface area contributed by atoms with Gasteiger partial charge in [-0.1, -0.05) is 69.2 Å². The normalized spacial score (nSPS) is 17.0. The van der Waals surface area contributed by atoms with Crippen molar-refractivity contribution in [2.75, 3.05) is 13.2 Å². The van der Waals surface area contributed by atoms with Crippen LogP contribution in [0.5, 0.6) is 0 Å². The second-order valence-corrected chi connectivity index (χ2v) is 13.1. The molecule has 0 unspecified atom stereocenters. The predicted molar refractivity (Wildman–Crippen MR) is 179 cm³/mol. The number of carboxylic acid groups (broad SMARTS) is 3. The number of allylic oxidation sites excluding steroid dienone is 6. The molecule has 0 aliphatic rings. The predicted octanol–water partition coefficient (Wildman–Crippen LogP) is 5.69. The summed E-state index contributed by atoms with van der Waals surface area (Å²) in [7, 11) is 0. The summed E-state index contributed by atoms with van der Waals surface area (Å²) in [6, 6.07) is 0. The van der Waals surface area contributed by atoms with E-state index in [0.29, 0.717) is 36.3 Å². The van der Waals surface area contributed by atoms with Crippen LogP contribution in [0.4, 0.5) is 0 Å². The lowest BCUT2D eigenvalue weighted by Gasteiger charge is -2.27. The Morgan fingerprint density at radius 3 is 1.40 bits per heavy atom. The Kier molecular flexibility index (Phi) is 22.3. The Labute approximate surface area is 279 Å². The van der Waals surface area contributed by atoms with Crippen LogP contribution >= 0.6 is 0 Å². The Morgan fingerprint density at radius 2 is 1.02 bits per heavy atom. The molecule has 47 heavy (non-hydrogen) atoms. The highest BCUT2D eigenvalue weighted by Gasteiger charge is 2.35. The minimum atomic E-state index is -1.34. The molecule has 0 aromatic heterocycles. The molecule has 6 N–H and O–H groups in total. The first-order chi connectivity index (χ1) is 22.0. The fraction of sp³-hybridized carbons (Fsp3) is 0.667. The summed E-state index contributed by atoms with van der Waals surface area (Å²) >= 11 is 0. The fourth-order valence-corrected chi connectivity index (χ4v) is 5.84. The van der Waals surface area contributed by atoms with Crippen LogP contribution in [-0.2, 0) is 23.9 Å². The van der Waals surface area contributed by atoms with Crippen LogP contribution in [0.2, 0.25) is 0 Å². The number of carbonyl (C=O) groups is 4. The Balaban J connectivity index is 5.02. The Morgan fingerprint density at radius 1 is 0.617 bits per heavy atom. The monoisotopic (exact) mass is 666 g/mol. The number of aliphatic hydroxyl groups excluding tert-OH is 3. The molecular formula is C36H58O11. The average Bonchev–Trinajstić information content (AvgIpc) is 2.92. The number of hydrogen-bond donors (Lipinski definition) is 6. The molecule has 0 fully saturated rings. The van der Waals surface area contributed by atoms with Crippen molar-refractivity contribution in [3.05, 3.63) is 46.6 Å². The molecule has 0 aromatic rings. The van der Waals surface area contributed by atoms with Gasteiger partial charge in [-0.25, -0.2) is 9.59 Å². The van der Waals surface area contributed by atoms with E-state index in [1.807, 2.05) is 26.0 Å². The number of unbranched alkanes of at least 4 members (excludes halogenated alkanes) is 2. The number of ether oxygens (including phenoxy) is 1. The van der Waals surface area contributed by atoms with Crippen molar-refractivity contribution in [2.45, 2.75) is 118 Å². The van der Waals surface area contributed by atoms with Gasteiger partial charge in [-0.3, -0.25) is 9.59 Å². The molecule has 0 radical (unpaired) electrons. The zero-order valence-corrected chi connectivity index (χ0v) is 29.0. The van der Waals surface area contributed by atoms with Crippen molar-refractivity contribution in [2.24, 2.45) is 23.7 Å². The van der Waals surface area contributed by atoms with Gasteiger partial charge in [-0.05, 0) is 82.8 Å². The quantitative estimate of drug-likeness (QED) is 0.0303. The lowest BCUT2D eigenvalue weighted by atomic mass is 9.92. The minimum absolute atomic E-state index is 0.191. The maximum atomic E-state index is 13.0. The molecular weight excluding hydrogens is 608 g/mol. The first-order valence-electron chi connectivity index (χ1n) is 16.5. The average molecular weight is 667 g/mol. The Bertz CT molecular complexity index is 1120. The summed E-state index contributed by atoms with van der Waals surface area (Å²) in [6.07, 6.45) is 9.91. The van der Waals surface area contributed by atoms with Gasteiger partial charge in [0.15, 0.2) is 0 Å². The number of esters is 1. The SMILES string of the molecule is CC(=C\C(=O)O)/C=C(\C)C[C@H](C)CCCC[C@H](O)[C@H](CO)C(=O)O[C@H](CCCC[C@H](C)C/C(C)=C/C(C)=C/C(=O)O)[C@H](CO)C(=O)O. The molecule has 0 aromatic carbocycles. The maximum Gasteiger partial charge on any atom is 0.328 e. The molecule has 0 bridgehead atoms. The third kappa shape index (κ3) is 20.5. The van der Waals surface area contributed by atoms with Crippen LogP contribution in [0.25, 0.3) is 0 Å². The van der Waals surface area contributed by atoms with Crippen LogP contribution in [0, 0.1) is 23.7 Å². The number of carbonyl (C=O) groups excluding carboxylic acids is 1. The molecule has 268 valence electrons. The van der Waals surface area contributed by atoms with E-state index in [4.69, 9.17) is 14.9 Å². The van der Waals surface area contributed by atoms with Crippen molar-refractivity contribution >= 4 is 23.9 Å². The molecule has 11 nitrogen and oxygen atoms in total. The van der Waals surface area contributed by atoms with Crippen LogP contribution < -0.4 is 0 Å². The summed E-state index contributed by atoms with van der Waals surface area (Å²) in [5, 5.41) is 57.7. The highest BCUT2D eigenvalue weighted by atomic mass is 16.5. The van der Waals surface area contributed by atoms with Crippen molar-refractivity contribution in [3.8, 4) is 0 Å². The number of hydrogen-bond acceptors (Lipinski definition) is 8. The second kappa shape index (κ2) is 23.9. The molecule has 11 heteroatoms. The highest BCUT2D eigenvalue weighted by molar-refractivity contribution is 5.81. The largest absolute Gasteiger partial charge is 0.481 e. The second-order valence-electron chi connectivity index (χ2n) is 13.1. The van der Waals surface area contributed by atoms with Gasteiger partial charge in [0, 0.05) is 12.2 Å². The van der Waals surface area contributed by atoms with E-state index in [-0.39, 0.29) is 18.8 Å². The van der Waals surface area contributed by atoms with Crippen molar-refractivity contribution in [3.63, 3.8) is 0 Å². The van der Waals surface area contributed by atoms with Crippen molar-refractivity contribution in [1.82, 2.24) is 0 Å². The van der Waals surface area contributed by atoms with Crippen LogP contribution in [-0.4, -0.2) is 79.9 Å². The first kappa shape index (κ1) is 43.7. The van der Waals surface area contributed by atoms with Gasteiger partial charge in [-0.2, -0.15) is 0 Å². The Hall–Kier alpha value is -3.28. The van der Waals surface area contributed by atoms with E-state index in [1.165, 1.54) is 0 Å². The summed E-state index contributed by atoms with van der Waals surface area (Å²) in [5.41, 5.74) is 3.42. The van der Waals surface area contributed by atoms with Gasteiger partial charge < -0.3 is 35.4 Å². The van der Waals surface area contributed by atoms with E-state index >= 15 is 0 Å². The summed E-state index contributed by atoms with van der Waals surface area (Å²) in [5.74, 6) is -6.19. The van der Waals surface area contributed by atoms with E-state index in [2.05, 4.69) is 13.8 Å². The molecule has 0 saturated carbocycles. The highest BCUT2D eigenvalue weighted by Crippen LogP contribution is 2.24. The lowest BCUT2D eigenvalue weighted by molar-refractivity contribution is -0.169. The molecule has 0 amide bonds. The summed E-state index contributed by atoms with van der Waals surface area (Å²) in [6.45, 7) is 10.1. The molecule has 0 aliphatic heterocycles. The smallest absolute Gasteiger partial charge is 0.328 e. The van der Waals surface area contributed by atoms with Crippen LogP contribution in [0.1, 0.15) is 106 Å². The standard InChI is InChI=1S/C36H58O11/c1-23(15-25(3)17-27(5)19-33(40)41)11-7-9-13-31(39)29(21-37)36(46)47-32(30(22-38)35(44)45)14-10-8-12-24(2)16-26(4)18-28(6)20-34(42)43/h17-20,23-24,29-32,37-39H,7-16,21-22H2,1-6H3,(H,40,41)(H,42,43)(H,44,45)/b25-17+,26-18+,27-19+,28-20+/t23-,24+,29+,30+,31+,32-/m1/s1. The third-order valence-corrected chi connectivity index (χ3v) is 8.07. The van der Waals surface area contributed by atoms with Gasteiger partial charge in [0.05, 0.1) is 19.3 Å². The number of aliphatic hydroxyl groups is 3. The molecule has 6 atom stereocenters. The van der Waals surface area contributed by atoms with Gasteiger partial charge in [-0.15, -0.1) is 0 Å². The van der Waals surface area contributed by atoms with E-state index in [0.717, 1.165) is 55.4 Å². The molecule has 0 spiro atoms. The third-order valence-electron chi connectivity index (χ3n) is 8.07.